The zero-order chi connectivity index (χ0) is 11.9. The lowest BCUT2D eigenvalue weighted by atomic mass is 10.1. The van der Waals surface area contributed by atoms with E-state index < -0.39 is 0 Å². The summed E-state index contributed by atoms with van der Waals surface area (Å²) in [6.45, 7) is 0. The van der Waals surface area contributed by atoms with E-state index in [0.29, 0.717) is 10.6 Å². The summed E-state index contributed by atoms with van der Waals surface area (Å²) < 4.78 is 2.89. The van der Waals surface area contributed by atoms with E-state index in [2.05, 4.69) is 27.9 Å². The molecule has 0 saturated carbocycles. The highest BCUT2D eigenvalue weighted by Crippen LogP contribution is 2.29. The van der Waals surface area contributed by atoms with Crippen LogP contribution in [0.2, 0.25) is 5.02 Å². The second-order valence-corrected chi connectivity index (χ2v) is 5.17. The van der Waals surface area contributed by atoms with Crippen LogP contribution >= 0.6 is 34.2 Å². The predicted octanol–water partition coefficient (Wildman–Crippen LogP) is 2.80. The van der Waals surface area contributed by atoms with Crippen LogP contribution in [0, 0.1) is 3.57 Å². The molecule has 0 fully saturated rings. The molecule has 1 aromatic carbocycles. The third-order valence-corrected chi connectivity index (χ3v) is 3.38. The van der Waals surface area contributed by atoms with Crippen LogP contribution in [-0.2, 0) is 7.05 Å². The zero-order valence-electron chi connectivity index (χ0n) is 8.84. The number of fused-ring (bicyclic) bond motifs is 1. The summed E-state index contributed by atoms with van der Waals surface area (Å²) in [7, 11) is 3.50. The fraction of sp³-hybridized carbons (Fsp3) is 0.182. The number of aryl methyl sites for hydroxylation is 1. The number of aromatic nitrogens is 1. The average molecular weight is 349 g/mol. The number of rotatable bonds is 1. The molecule has 0 spiro atoms. The van der Waals surface area contributed by atoms with Gasteiger partial charge < -0.3 is 9.88 Å². The van der Waals surface area contributed by atoms with Crippen LogP contribution in [0.4, 0.5) is 0 Å². The van der Waals surface area contributed by atoms with Gasteiger partial charge in [0.05, 0.1) is 16.1 Å². The van der Waals surface area contributed by atoms with Crippen LogP contribution in [0.3, 0.4) is 0 Å². The lowest BCUT2D eigenvalue weighted by Crippen LogP contribution is -2.17. The molecule has 0 aliphatic heterocycles. The Hall–Kier alpha value is -0.750. The highest BCUT2D eigenvalue weighted by atomic mass is 127. The summed E-state index contributed by atoms with van der Waals surface area (Å²) in [6, 6.07) is 3.85. The number of nitrogens with zero attached hydrogens (tertiary/aromatic N) is 1. The molecule has 0 saturated heterocycles. The van der Waals surface area contributed by atoms with E-state index in [1.165, 1.54) is 0 Å². The number of benzene rings is 1. The van der Waals surface area contributed by atoms with E-state index in [4.69, 9.17) is 11.6 Å². The summed E-state index contributed by atoms with van der Waals surface area (Å²) in [5, 5.41) is 4.18. The molecule has 0 unspecified atom stereocenters. The first-order valence-electron chi connectivity index (χ1n) is 4.70. The SMILES string of the molecule is CNC(=O)c1cn(C)c2c(Cl)cc(I)cc12. The van der Waals surface area contributed by atoms with Gasteiger partial charge >= 0.3 is 0 Å². The molecule has 3 nitrogen and oxygen atoms in total. The first-order valence-corrected chi connectivity index (χ1v) is 6.16. The Morgan fingerprint density at radius 1 is 1.50 bits per heavy atom. The Morgan fingerprint density at radius 2 is 2.19 bits per heavy atom. The molecule has 0 atom stereocenters. The highest BCUT2D eigenvalue weighted by molar-refractivity contribution is 14.1. The van der Waals surface area contributed by atoms with E-state index in [0.717, 1.165) is 14.5 Å². The van der Waals surface area contributed by atoms with Gasteiger partial charge in [-0.2, -0.15) is 0 Å². The summed E-state index contributed by atoms with van der Waals surface area (Å²) in [5.41, 5.74) is 1.54. The average Bonchev–Trinajstić information content (AvgIpc) is 2.54. The molecule has 5 heteroatoms. The Bertz CT molecular complexity index is 577. The van der Waals surface area contributed by atoms with Crippen molar-refractivity contribution >= 4 is 51.0 Å². The number of amides is 1. The Balaban J connectivity index is 2.83. The van der Waals surface area contributed by atoms with Crippen LogP contribution in [-0.4, -0.2) is 17.5 Å². The minimum absolute atomic E-state index is 0.0938. The lowest BCUT2D eigenvalue weighted by molar-refractivity contribution is 0.0964. The number of hydrogen-bond acceptors (Lipinski definition) is 1. The molecule has 0 aliphatic carbocycles. The third kappa shape index (κ3) is 1.80. The molecule has 0 bridgehead atoms. The highest BCUT2D eigenvalue weighted by Gasteiger charge is 2.15. The topological polar surface area (TPSA) is 34.0 Å². The fourth-order valence-electron chi connectivity index (χ4n) is 1.77. The number of hydrogen-bond donors (Lipinski definition) is 1. The molecule has 16 heavy (non-hydrogen) atoms. The number of carbonyl (C=O) groups is 1. The molecule has 2 rings (SSSR count). The van der Waals surface area contributed by atoms with E-state index in [-0.39, 0.29) is 5.91 Å². The number of nitrogens with one attached hydrogen (secondary N) is 1. The van der Waals surface area contributed by atoms with Crippen molar-refractivity contribution in [3.05, 3.63) is 32.5 Å². The third-order valence-electron chi connectivity index (χ3n) is 2.47. The summed E-state index contributed by atoms with van der Waals surface area (Å²) in [6.07, 6.45) is 1.80. The van der Waals surface area contributed by atoms with Gasteiger partial charge in [0.1, 0.15) is 0 Å². The minimum atomic E-state index is -0.0938. The zero-order valence-corrected chi connectivity index (χ0v) is 11.8. The van der Waals surface area contributed by atoms with Gasteiger partial charge in [-0.1, -0.05) is 11.6 Å². The molecule has 1 heterocycles. The molecule has 84 valence electrons. The maximum atomic E-state index is 11.7. The van der Waals surface area contributed by atoms with Gasteiger partial charge in [0.15, 0.2) is 0 Å². The second-order valence-electron chi connectivity index (χ2n) is 3.52. The van der Waals surface area contributed by atoms with Gasteiger partial charge in [-0.15, -0.1) is 0 Å². The van der Waals surface area contributed by atoms with Crippen molar-refractivity contribution in [2.24, 2.45) is 7.05 Å². The van der Waals surface area contributed by atoms with Crippen LogP contribution in [0.1, 0.15) is 10.4 Å². The van der Waals surface area contributed by atoms with Crippen LogP contribution in [0.25, 0.3) is 10.9 Å². The van der Waals surface area contributed by atoms with Gasteiger partial charge in [-0.3, -0.25) is 4.79 Å². The summed E-state index contributed by atoms with van der Waals surface area (Å²) in [4.78, 5) is 11.7. The van der Waals surface area contributed by atoms with E-state index in [1.54, 1.807) is 13.2 Å². The van der Waals surface area contributed by atoms with E-state index >= 15 is 0 Å². The molecular formula is C11H10ClIN2O. The van der Waals surface area contributed by atoms with Crippen molar-refractivity contribution in [1.29, 1.82) is 0 Å². The molecule has 1 aromatic heterocycles. The van der Waals surface area contributed by atoms with Crippen LogP contribution in [0.15, 0.2) is 18.3 Å². The monoisotopic (exact) mass is 348 g/mol. The lowest BCUT2D eigenvalue weighted by Gasteiger charge is -2.01. The van der Waals surface area contributed by atoms with Crippen LogP contribution < -0.4 is 5.32 Å². The predicted molar refractivity (Wildman–Crippen MR) is 74.0 cm³/mol. The minimum Gasteiger partial charge on any atom is -0.355 e. The smallest absolute Gasteiger partial charge is 0.253 e. The van der Waals surface area contributed by atoms with Gasteiger partial charge in [0, 0.05) is 29.2 Å². The van der Waals surface area contributed by atoms with Crippen molar-refractivity contribution in [1.82, 2.24) is 9.88 Å². The Kier molecular flexibility index (Phi) is 3.12. The van der Waals surface area contributed by atoms with Gasteiger partial charge in [0.2, 0.25) is 0 Å². The van der Waals surface area contributed by atoms with Gasteiger partial charge in [-0.05, 0) is 34.7 Å². The van der Waals surface area contributed by atoms with E-state index in [9.17, 15) is 4.79 Å². The maximum Gasteiger partial charge on any atom is 0.253 e. The Morgan fingerprint density at radius 3 is 2.81 bits per heavy atom. The molecule has 1 amide bonds. The fourth-order valence-corrected chi connectivity index (χ4v) is 2.93. The quantitative estimate of drug-likeness (QED) is 0.790. The van der Waals surface area contributed by atoms with Crippen molar-refractivity contribution < 1.29 is 4.79 Å². The normalized spacial score (nSPS) is 10.8. The first-order chi connectivity index (χ1) is 7.54. The van der Waals surface area contributed by atoms with E-state index in [1.807, 2.05) is 23.7 Å². The van der Waals surface area contributed by atoms with Crippen molar-refractivity contribution in [3.63, 3.8) is 0 Å². The number of carbonyl (C=O) groups excluding carboxylic acids is 1. The van der Waals surface area contributed by atoms with Crippen LogP contribution in [0.5, 0.6) is 0 Å². The molecule has 0 radical (unpaired) electrons. The van der Waals surface area contributed by atoms with Gasteiger partial charge in [-0.25, -0.2) is 0 Å². The Labute approximate surface area is 112 Å². The molecule has 2 aromatic rings. The summed E-state index contributed by atoms with van der Waals surface area (Å²) in [5.74, 6) is -0.0938. The maximum absolute atomic E-state index is 11.7. The first kappa shape index (κ1) is 11.7. The van der Waals surface area contributed by atoms with Crippen molar-refractivity contribution in [2.45, 2.75) is 0 Å². The standard InChI is InChI=1S/C11H10ClIN2O/c1-14-11(16)8-5-15(2)10-7(8)3-6(13)4-9(10)12/h3-5H,1-2H3,(H,14,16). The second kappa shape index (κ2) is 4.25. The van der Waals surface area contributed by atoms with Crippen molar-refractivity contribution in [3.8, 4) is 0 Å². The molecule has 1 N–H and O–H groups in total. The van der Waals surface area contributed by atoms with Crippen molar-refractivity contribution in [2.75, 3.05) is 7.05 Å². The summed E-state index contributed by atoms with van der Waals surface area (Å²) >= 11 is 8.36. The number of halogens is 2. The largest absolute Gasteiger partial charge is 0.355 e. The molecule has 0 aliphatic rings. The molecular weight excluding hydrogens is 338 g/mol. The van der Waals surface area contributed by atoms with Gasteiger partial charge in [0.25, 0.3) is 5.91 Å².